The first-order valence-corrected chi connectivity index (χ1v) is 4.59. The van der Waals surface area contributed by atoms with E-state index in [1.807, 2.05) is 6.92 Å². The van der Waals surface area contributed by atoms with Crippen LogP contribution in [0.25, 0.3) is 0 Å². The molecular formula is C10H16O4. The van der Waals surface area contributed by atoms with E-state index in [0.717, 1.165) is 6.42 Å². The highest BCUT2D eigenvalue weighted by atomic mass is 16.7. The third-order valence-corrected chi connectivity index (χ3v) is 2.67. The lowest BCUT2D eigenvalue weighted by Crippen LogP contribution is -2.40. The molecule has 4 nitrogen and oxygen atoms in total. The van der Waals surface area contributed by atoms with E-state index in [9.17, 15) is 4.79 Å². The fourth-order valence-electron chi connectivity index (χ4n) is 1.51. The second-order valence-electron chi connectivity index (χ2n) is 3.42. The van der Waals surface area contributed by atoms with E-state index >= 15 is 0 Å². The maximum atomic E-state index is 11.3. The lowest BCUT2D eigenvalue weighted by atomic mass is 9.79. The van der Waals surface area contributed by atoms with Gasteiger partial charge in [0.25, 0.3) is 0 Å². The average molecular weight is 200 g/mol. The van der Waals surface area contributed by atoms with Crippen molar-refractivity contribution in [1.29, 1.82) is 0 Å². The van der Waals surface area contributed by atoms with Gasteiger partial charge in [-0.3, -0.25) is 0 Å². The van der Waals surface area contributed by atoms with Crippen molar-refractivity contribution in [2.24, 2.45) is 5.41 Å². The fraction of sp³-hybridized carbons (Fsp3) is 0.700. The number of rotatable bonds is 3. The molecule has 14 heavy (non-hydrogen) atoms. The van der Waals surface area contributed by atoms with E-state index in [1.54, 1.807) is 0 Å². The Hall–Kier alpha value is -0.870. The van der Waals surface area contributed by atoms with E-state index in [1.165, 1.54) is 7.11 Å². The first-order chi connectivity index (χ1) is 6.66. The second kappa shape index (κ2) is 4.57. The van der Waals surface area contributed by atoms with Gasteiger partial charge in [0.15, 0.2) is 0 Å². The van der Waals surface area contributed by atoms with Gasteiger partial charge in [0.05, 0.1) is 20.3 Å². The van der Waals surface area contributed by atoms with Crippen LogP contribution in [0.1, 0.15) is 13.3 Å². The van der Waals surface area contributed by atoms with Crippen molar-refractivity contribution in [3.05, 3.63) is 12.2 Å². The molecule has 0 unspecified atom stereocenters. The summed E-state index contributed by atoms with van der Waals surface area (Å²) >= 11 is 0. The number of carbonyl (C=O) groups excluding carboxylic acids is 1. The highest BCUT2D eigenvalue weighted by Crippen LogP contribution is 2.34. The molecule has 1 rings (SSSR count). The van der Waals surface area contributed by atoms with Crippen LogP contribution < -0.4 is 0 Å². The zero-order chi connectivity index (χ0) is 10.6. The summed E-state index contributed by atoms with van der Waals surface area (Å²) in [7, 11) is 1.35. The smallest absolute Gasteiger partial charge is 0.333 e. The Morgan fingerprint density at radius 3 is 2.50 bits per heavy atom. The van der Waals surface area contributed by atoms with Crippen LogP contribution in [0.15, 0.2) is 12.2 Å². The van der Waals surface area contributed by atoms with Gasteiger partial charge in [-0.2, -0.15) is 0 Å². The van der Waals surface area contributed by atoms with Gasteiger partial charge in [0.2, 0.25) is 0 Å². The molecule has 0 N–H and O–H groups in total. The van der Waals surface area contributed by atoms with Crippen molar-refractivity contribution >= 4 is 5.97 Å². The zero-order valence-corrected chi connectivity index (χ0v) is 8.67. The lowest BCUT2D eigenvalue weighted by molar-refractivity contribution is -0.162. The minimum Gasteiger partial charge on any atom is -0.466 e. The molecule has 0 amide bonds. The van der Waals surface area contributed by atoms with Crippen molar-refractivity contribution in [3.63, 3.8) is 0 Å². The van der Waals surface area contributed by atoms with Gasteiger partial charge >= 0.3 is 5.97 Å². The third kappa shape index (κ3) is 1.96. The topological polar surface area (TPSA) is 44.8 Å². The quantitative estimate of drug-likeness (QED) is 0.506. The molecule has 1 heterocycles. The molecular weight excluding hydrogens is 184 g/mol. The molecule has 0 atom stereocenters. The summed E-state index contributed by atoms with van der Waals surface area (Å²) in [6.45, 7) is 6.96. The van der Waals surface area contributed by atoms with Crippen molar-refractivity contribution in [2.45, 2.75) is 13.3 Å². The van der Waals surface area contributed by atoms with Gasteiger partial charge in [-0.05, 0) is 6.42 Å². The Morgan fingerprint density at radius 1 is 1.50 bits per heavy atom. The summed E-state index contributed by atoms with van der Waals surface area (Å²) in [6.07, 6.45) is 0.751. The molecule has 80 valence electrons. The Kier molecular flexibility index (Phi) is 3.66. The Balaban J connectivity index is 2.77. The second-order valence-corrected chi connectivity index (χ2v) is 3.42. The number of methoxy groups -OCH3 is 1. The first kappa shape index (κ1) is 11.2. The molecule has 0 aliphatic carbocycles. The normalized spacial score (nSPS) is 20.1. The van der Waals surface area contributed by atoms with Gasteiger partial charge in [0, 0.05) is 11.0 Å². The molecule has 0 aromatic rings. The van der Waals surface area contributed by atoms with E-state index in [0.29, 0.717) is 18.8 Å². The zero-order valence-electron chi connectivity index (χ0n) is 8.67. The maximum Gasteiger partial charge on any atom is 0.333 e. The highest BCUT2D eigenvalue weighted by Gasteiger charge is 2.38. The van der Waals surface area contributed by atoms with Gasteiger partial charge in [-0.1, -0.05) is 13.5 Å². The minimum absolute atomic E-state index is 0.288. The van der Waals surface area contributed by atoms with Crippen molar-refractivity contribution in [1.82, 2.24) is 0 Å². The summed E-state index contributed by atoms with van der Waals surface area (Å²) in [5, 5.41) is 0. The lowest BCUT2D eigenvalue weighted by Gasteiger charge is -2.36. The largest absolute Gasteiger partial charge is 0.466 e. The fourth-order valence-corrected chi connectivity index (χ4v) is 1.51. The van der Waals surface area contributed by atoms with Crippen molar-refractivity contribution in [2.75, 3.05) is 27.1 Å². The third-order valence-electron chi connectivity index (χ3n) is 2.67. The Bertz CT molecular complexity index is 228. The van der Waals surface area contributed by atoms with E-state index in [-0.39, 0.29) is 12.8 Å². The number of hydrogen-bond donors (Lipinski definition) is 0. The average Bonchev–Trinajstić information content (AvgIpc) is 2.28. The summed E-state index contributed by atoms with van der Waals surface area (Å²) in [5.74, 6) is -0.388. The molecule has 0 aromatic heterocycles. The molecule has 0 radical (unpaired) electrons. The Morgan fingerprint density at radius 2 is 2.07 bits per heavy atom. The first-order valence-electron chi connectivity index (χ1n) is 4.59. The van der Waals surface area contributed by atoms with Crippen molar-refractivity contribution < 1.29 is 19.0 Å². The van der Waals surface area contributed by atoms with E-state index in [4.69, 9.17) is 9.47 Å². The van der Waals surface area contributed by atoms with Crippen LogP contribution in [-0.4, -0.2) is 33.1 Å². The van der Waals surface area contributed by atoms with Crippen LogP contribution in [0.4, 0.5) is 0 Å². The van der Waals surface area contributed by atoms with Gasteiger partial charge in [-0.25, -0.2) is 4.79 Å². The predicted octanol–water partition coefficient (Wildman–Crippen LogP) is 1.12. The van der Waals surface area contributed by atoms with Gasteiger partial charge in [-0.15, -0.1) is 0 Å². The summed E-state index contributed by atoms with van der Waals surface area (Å²) < 4.78 is 15.0. The maximum absolute atomic E-state index is 11.3. The molecule has 0 spiro atoms. The van der Waals surface area contributed by atoms with Crippen LogP contribution in [0.2, 0.25) is 0 Å². The molecule has 0 saturated carbocycles. The summed E-state index contributed by atoms with van der Waals surface area (Å²) in [6, 6.07) is 0. The predicted molar refractivity (Wildman–Crippen MR) is 50.7 cm³/mol. The van der Waals surface area contributed by atoms with E-state index in [2.05, 4.69) is 11.3 Å². The number of carbonyl (C=O) groups is 1. The number of ether oxygens (including phenoxy) is 3. The van der Waals surface area contributed by atoms with Gasteiger partial charge in [0.1, 0.15) is 6.79 Å². The number of esters is 1. The monoisotopic (exact) mass is 200 g/mol. The molecule has 0 aromatic carbocycles. The SMILES string of the molecule is C=C(C(=O)OC)C1(CC)COCOC1. The molecule has 1 aliphatic heterocycles. The highest BCUT2D eigenvalue weighted by molar-refractivity contribution is 5.89. The van der Waals surface area contributed by atoms with Crippen LogP contribution in [0, 0.1) is 5.41 Å². The molecule has 0 bridgehead atoms. The van der Waals surface area contributed by atoms with Crippen LogP contribution in [0.5, 0.6) is 0 Å². The molecule has 1 fully saturated rings. The van der Waals surface area contributed by atoms with Crippen LogP contribution in [0.3, 0.4) is 0 Å². The molecule has 1 aliphatic rings. The number of hydrogen-bond acceptors (Lipinski definition) is 4. The standard InChI is InChI=1S/C10H16O4/c1-4-10(5-13-7-14-6-10)8(2)9(11)12-3/h2,4-7H2,1,3H3. The summed E-state index contributed by atoms with van der Waals surface area (Å²) in [5.41, 5.74) is 0.0212. The minimum atomic E-state index is -0.411. The molecule has 1 saturated heterocycles. The van der Waals surface area contributed by atoms with Crippen molar-refractivity contribution in [3.8, 4) is 0 Å². The van der Waals surface area contributed by atoms with E-state index < -0.39 is 5.41 Å². The molecule has 4 heteroatoms. The Labute approximate surface area is 83.8 Å². The summed E-state index contributed by atoms with van der Waals surface area (Å²) in [4.78, 5) is 11.3. The van der Waals surface area contributed by atoms with Crippen LogP contribution in [-0.2, 0) is 19.0 Å². The van der Waals surface area contributed by atoms with Crippen LogP contribution >= 0.6 is 0 Å². The van der Waals surface area contributed by atoms with Gasteiger partial charge < -0.3 is 14.2 Å².